The fraction of sp³-hybridized carbons (Fsp3) is 0.0769. The zero-order chi connectivity index (χ0) is 13.8. The first kappa shape index (κ1) is 13.3. The summed E-state index contributed by atoms with van der Waals surface area (Å²) in [5, 5.41) is 5.68. The second kappa shape index (κ2) is 5.67. The second-order valence-corrected chi connectivity index (χ2v) is 4.19. The molecule has 19 heavy (non-hydrogen) atoms. The molecule has 98 valence electrons. The van der Waals surface area contributed by atoms with E-state index in [2.05, 4.69) is 15.6 Å². The average Bonchev–Trinajstić information content (AvgIpc) is 2.42. The van der Waals surface area contributed by atoms with Crippen molar-refractivity contribution in [3.63, 3.8) is 0 Å². The van der Waals surface area contributed by atoms with Gasteiger partial charge in [0.25, 0.3) is 5.91 Å². The van der Waals surface area contributed by atoms with Crippen molar-refractivity contribution in [1.29, 1.82) is 0 Å². The Morgan fingerprint density at radius 2 is 2.11 bits per heavy atom. The predicted molar refractivity (Wildman–Crippen MR) is 73.1 cm³/mol. The van der Waals surface area contributed by atoms with Gasteiger partial charge >= 0.3 is 0 Å². The normalized spacial score (nSPS) is 10.1. The monoisotopic (exact) mass is 279 g/mol. The summed E-state index contributed by atoms with van der Waals surface area (Å²) in [7, 11) is 1.69. The van der Waals surface area contributed by atoms with Crippen molar-refractivity contribution in [1.82, 2.24) is 4.98 Å². The number of hydrogen-bond donors (Lipinski definition) is 2. The summed E-state index contributed by atoms with van der Waals surface area (Å²) in [4.78, 5) is 15.9. The summed E-state index contributed by atoms with van der Waals surface area (Å²) in [5.74, 6) is -1.01. The standard InChI is InChI=1S/C13H11ClFN3O/c1-16-11-4-5-17-7-9(11)13(19)18-12-6-8(14)2-3-10(12)15/h2-7H,1H3,(H,16,17)(H,18,19). The lowest BCUT2D eigenvalue weighted by Crippen LogP contribution is -2.15. The molecule has 1 amide bonds. The SMILES string of the molecule is CNc1ccncc1C(=O)Nc1cc(Cl)ccc1F. The summed E-state index contributed by atoms with van der Waals surface area (Å²) in [5.41, 5.74) is 0.961. The van der Waals surface area contributed by atoms with E-state index in [9.17, 15) is 9.18 Å². The molecule has 1 aromatic carbocycles. The summed E-state index contributed by atoms with van der Waals surface area (Å²) in [6.07, 6.45) is 2.96. The van der Waals surface area contributed by atoms with Crippen LogP contribution in [0.25, 0.3) is 0 Å². The van der Waals surface area contributed by atoms with Crippen LogP contribution in [0.1, 0.15) is 10.4 Å². The van der Waals surface area contributed by atoms with Crippen LogP contribution in [-0.4, -0.2) is 17.9 Å². The molecule has 0 spiro atoms. The zero-order valence-electron chi connectivity index (χ0n) is 10.1. The maximum absolute atomic E-state index is 13.5. The minimum Gasteiger partial charge on any atom is -0.387 e. The number of carbonyl (C=O) groups is 1. The molecule has 6 heteroatoms. The van der Waals surface area contributed by atoms with Gasteiger partial charge in [0.15, 0.2) is 0 Å². The highest BCUT2D eigenvalue weighted by atomic mass is 35.5. The van der Waals surface area contributed by atoms with E-state index < -0.39 is 11.7 Å². The van der Waals surface area contributed by atoms with Crippen LogP contribution in [0.5, 0.6) is 0 Å². The minimum absolute atomic E-state index is 0.0309. The molecule has 2 N–H and O–H groups in total. The van der Waals surface area contributed by atoms with E-state index in [0.717, 1.165) is 0 Å². The lowest BCUT2D eigenvalue weighted by Gasteiger charge is -2.10. The fourth-order valence-corrected chi connectivity index (χ4v) is 1.75. The van der Waals surface area contributed by atoms with Crippen molar-refractivity contribution < 1.29 is 9.18 Å². The van der Waals surface area contributed by atoms with E-state index in [1.54, 1.807) is 19.3 Å². The molecular weight excluding hydrogens is 269 g/mol. The lowest BCUT2D eigenvalue weighted by atomic mass is 10.2. The average molecular weight is 280 g/mol. The number of benzene rings is 1. The van der Waals surface area contributed by atoms with Crippen molar-refractivity contribution in [2.24, 2.45) is 0 Å². The lowest BCUT2D eigenvalue weighted by molar-refractivity contribution is 0.102. The third kappa shape index (κ3) is 3.00. The van der Waals surface area contributed by atoms with Gasteiger partial charge in [0.05, 0.1) is 11.3 Å². The van der Waals surface area contributed by atoms with Gasteiger partial charge in [-0.3, -0.25) is 9.78 Å². The van der Waals surface area contributed by atoms with Crippen LogP contribution in [0.2, 0.25) is 5.02 Å². The third-order valence-corrected chi connectivity index (χ3v) is 2.75. The molecule has 0 aliphatic carbocycles. The predicted octanol–water partition coefficient (Wildman–Crippen LogP) is 3.17. The van der Waals surface area contributed by atoms with Crippen molar-refractivity contribution in [2.45, 2.75) is 0 Å². The number of carbonyl (C=O) groups excluding carboxylic acids is 1. The number of amides is 1. The Balaban J connectivity index is 2.28. The number of nitrogens with zero attached hydrogens (tertiary/aromatic N) is 1. The number of anilines is 2. The van der Waals surface area contributed by atoms with Crippen molar-refractivity contribution in [2.75, 3.05) is 17.7 Å². The molecule has 0 unspecified atom stereocenters. The number of rotatable bonds is 3. The van der Waals surface area contributed by atoms with Crippen LogP contribution in [0.15, 0.2) is 36.7 Å². The third-order valence-electron chi connectivity index (χ3n) is 2.51. The topological polar surface area (TPSA) is 54.0 Å². The summed E-state index contributed by atoms with van der Waals surface area (Å²) < 4.78 is 13.5. The molecule has 0 aliphatic rings. The Morgan fingerprint density at radius 1 is 1.32 bits per heavy atom. The van der Waals surface area contributed by atoms with Crippen LogP contribution < -0.4 is 10.6 Å². The molecule has 0 saturated carbocycles. The number of halogens is 2. The van der Waals surface area contributed by atoms with E-state index in [1.165, 1.54) is 24.4 Å². The van der Waals surface area contributed by atoms with E-state index in [4.69, 9.17) is 11.6 Å². The first-order chi connectivity index (χ1) is 9.11. The number of pyridine rings is 1. The quantitative estimate of drug-likeness (QED) is 0.907. The van der Waals surface area contributed by atoms with Gasteiger partial charge in [-0.25, -0.2) is 4.39 Å². The van der Waals surface area contributed by atoms with Gasteiger partial charge in [0, 0.05) is 30.2 Å². The number of hydrogen-bond acceptors (Lipinski definition) is 3. The largest absolute Gasteiger partial charge is 0.387 e. The van der Waals surface area contributed by atoms with Crippen LogP contribution in [0, 0.1) is 5.82 Å². The van der Waals surface area contributed by atoms with Gasteiger partial charge in [0.2, 0.25) is 0 Å². The van der Waals surface area contributed by atoms with Crippen molar-refractivity contribution >= 4 is 28.9 Å². The molecule has 2 rings (SSSR count). The Kier molecular flexibility index (Phi) is 3.97. The minimum atomic E-state index is -0.548. The molecule has 0 saturated heterocycles. The second-order valence-electron chi connectivity index (χ2n) is 3.75. The molecule has 0 radical (unpaired) electrons. The molecule has 0 bridgehead atoms. The van der Waals surface area contributed by atoms with Gasteiger partial charge in [-0.15, -0.1) is 0 Å². The summed E-state index contributed by atoms with van der Waals surface area (Å²) >= 11 is 5.76. The van der Waals surface area contributed by atoms with Gasteiger partial charge in [0.1, 0.15) is 5.82 Å². The molecule has 1 heterocycles. The van der Waals surface area contributed by atoms with Crippen LogP contribution >= 0.6 is 11.6 Å². The Morgan fingerprint density at radius 3 is 2.84 bits per heavy atom. The van der Waals surface area contributed by atoms with Gasteiger partial charge < -0.3 is 10.6 Å². The molecule has 2 aromatic rings. The Hall–Kier alpha value is -2.14. The van der Waals surface area contributed by atoms with Crippen molar-refractivity contribution in [3.05, 3.63) is 53.1 Å². The van der Waals surface area contributed by atoms with Gasteiger partial charge in [-0.1, -0.05) is 11.6 Å². The highest BCUT2D eigenvalue weighted by molar-refractivity contribution is 6.31. The highest BCUT2D eigenvalue weighted by Crippen LogP contribution is 2.21. The molecular formula is C13H11ClFN3O. The van der Waals surface area contributed by atoms with E-state index >= 15 is 0 Å². The Labute approximate surface area is 114 Å². The summed E-state index contributed by atoms with van der Waals surface area (Å²) in [6, 6.07) is 5.61. The fourth-order valence-electron chi connectivity index (χ4n) is 1.58. The first-order valence-corrected chi connectivity index (χ1v) is 5.88. The van der Waals surface area contributed by atoms with E-state index in [1.807, 2.05) is 0 Å². The van der Waals surface area contributed by atoms with E-state index in [0.29, 0.717) is 16.3 Å². The maximum atomic E-state index is 13.5. The number of nitrogens with one attached hydrogen (secondary N) is 2. The van der Waals surface area contributed by atoms with Gasteiger partial charge in [-0.05, 0) is 24.3 Å². The Bertz CT molecular complexity index is 619. The van der Waals surface area contributed by atoms with Gasteiger partial charge in [-0.2, -0.15) is 0 Å². The number of aromatic nitrogens is 1. The molecule has 0 atom stereocenters. The molecule has 1 aromatic heterocycles. The van der Waals surface area contributed by atoms with Crippen molar-refractivity contribution in [3.8, 4) is 0 Å². The molecule has 4 nitrogen and oxygen atoms in total. The van der Waals surface area contributed by atoms with Crippen LogP contribution in [0.4, 0.5) is 15.8 Å². The molecule has 0 aliphatic heterocycles. The van der Waals surface area contributed by atoms with Crippen LogP contribution in [0.3, 0.4) is 0 Å². The summed E-state index contributed by atoms with van der Waals surface area (Å²) in [6.45, 7) is 0. The smallest absolute Gasteiger partial charge is 0.259 e. The zero-order valence-corrected chi connectivity index (χ0v) is 10.8. The van der Waals surface area contributed by atoms with Crippen LogP contribution in [-0.2, 0) is 0 Å². The maximum Gasteiger partial charge on any atom is 0.259 e. The first-order valence-electron chi connectivity index (χ1n) is 5.50. The highest BCUT2D eigenvalue weighted by Gasteiger charge is 2.13. The molecule has 0 fully saturated rings. The van der Waals surface area contributed by atoms with E-state index in [-0.39, 0.29) is 5.69 Å².